The molecule has 2 fully saturated rings. The summed E-state index contributed by atoms with van der Waals surface area (Å²) in [5, 5.41) is 7.45. The van der Waals surface area contributed by atoms with E-state index >= 15 is 0 Å². The Kier molecular flexibility index (Phi) is 5.19. The molecule has 1 N–H and O–H groups in total. The maximum Gasteiger partial charge on any atom is 0.345 e. The number of aromatic nitrogens is 3. The van der Waals surface area contributed by atoms with Crippen molar-refractivity contribution in [3.05, 3.63) is 45.0 Å². The molecule has 2 heterocycles. The van der Waals surface area contributed by atoms with Crippen LogP contribution in [0.1, 0.15) is 43.5 Å². The van der Waals surface area contributed by atoms with Crippen molar-refractivity contribution in [2.75, 3.05) is 25.0 Å². The first-order valence-corrected chi connectivity index (χ1v) is 10.2. The van der Waals surface area contributed by atoms with Crippen LogP contribution in [0.4, 0.5) is 5.69 Å². The number of benzene rings is 1. The van der Waals surface area contributed by atoms with Crippen molar-refractivity contribution in [2.45, 2.75) is 37.6 Å². The van der Waals surface area contributed by atoms with Crippen molar-refractivity contribution >= 4 is 27.5 Å². The Bertz CT molecular complexity index is 876. The summed E-state index contributed by atoms with van der Waals surface area (Å²) in [6, 6.07) is 7.93. The Morgan fingerprint density at radius 2 is 1.85 bits per heavy atom. The number of piperidine rings is 1. The zero-order chi connectivity index (χ0) is 19.0. The van der Waals surface area contributed by atoms with Crippen LogP contribution < -0.4 is 11.0 Å². The Labute approximate surface area is 166 Å². The molecule has 8 heteroatoms. The van der Waals surface area contributed by atoms with E-state index in [-0.39, 0.29) is 11.6 Å². The lowest BCUT2D eigenvalue weighted by atomic mass is 9.96. The van der Waals surface area contributed by atoms with Crippen LogP contribution in [0.3, 0.4) is 0 Å². The molecule has 1 aliphatic carbocycles. The number of amides is 1. The number of hydrogen-bond acceptors (Lipinski definition) is 4. The van der Waals surface area contributed by atoms with E-state index in [2.05, 4.69) is 31.2 Å². The van der Waals surface area contributed by atoms with Crippen molar-refractivity contribution in [2.24, 2.45) is 7.05 Å². The lowest BCUT2D eigenvalue weighted by molar-refractivity contribution is -0.117. The van der Waals surface area contributed by atoms with E-state index in [1.54, 1.807) is 7.05 Å². The third-order valence-electron chi connectivity index (χ3n) is 5.34. The third-order valence-corrected chi connectivity index (χ3v) is 5.87. The van der Waals surface area contributed by atoms with Gasteiger partial charge in [-0.1, -0.05) is 15.9 Å². The van der Waals surface area contributed by atoms with Crippen LogP contribution in [0.5, 0.6) is 0 Å². The zero-order valence-electron chi connectivity index (χ0n) is 15.4. The highest BCUT2D eigenvalue weighted by molar-refractivity contribution is 9.10. The first-order chi connectivity index (χ1) is 13.0. The summed E-state index contributed by atoms with van der Waals surface area (Å²) in [6.45, 7) is 2.07. The molecule has 27 heavy (non-hydrogen) atoms. The normalized spacial score (nSPS) is 18.6. The predicted octanol–water partition coefficient (Wildman–Crippen LogP) is 2.50. The molecule has 2 aliphatic rings. The number of hydrogen-bond donors (Lipinski definition) is 1. The summed E-state index contributed by atoms with van der Waals surface area (Å²) >= 11 is 3.39. The number of nitrogens with zero attached hydrogens (tertiary/aromatic N) is 4. The van der Waals surface area contributed by atoms with Gasteiger partial charge in [-0.25, -0.2) is 9.48 Å². The number of nitrogens with one attached hydrogen (secondary N) is 1. The average molecular weight is 434 g/mol. The fraction of sp³-hybridized carbons (Fsp3) is 0.526. The molecule has 0 bridgehead atoms. The first kappa shape index (κ1) is 18.4. The van der Waals surface area contributed by atoms with Gasteiger partial charge in [-0.2, -0.15) is 5.10 Å². The molecule has 0 unspecified atom stereocenters. The summed E-state index contributed by atoms with van der Waals surface area (Å²) in [4.78, 5) is 26.8. The number of anilines is 1. The molecule has 144 valence electrons. The van der Waals surface area contributed by atoms with Crippen LogP contribution in [0.25, 0.3) is 0 Å². The van der Waals surface area contributed by atoms with Gasteiger partial charge in [0.2, 0.25) is 5.91 Å². The monoisotopic (exact) mass is 433 g/mol. The van der Waals surface area contributed by atoms with E-state index in [0.29, 0.717) is 18.5 Å². The largest absolute Gasteiger partial charge is 0.345 e. The Balaban J connectivity index is 1.33. The van der Waals surface area contributed by atoms with E-state index in [0.717, 1.165) is 54.8 Å². The number of halogens is 1. The maximum atomic E-state index is 12.3. The van der Waals surface area contributed by atoms with Crippen molar-refractivity contribution in [3.63, 3.8) is 0 Å². The van der Waals surface area contributed by atoms with Gasteiger partial charge in [-0.3, -0.25) is 14.3 Å². The lowest BCUT2D eigenvalue weighted by Crippen LogP contribution is -2.39. The number of aryl methyl sites for hydroxylation is 1. The summed E-state index contributed by atoms with van der Waals surface area (Å²) in [5.74, 6) is 1.23. The molecule has 0 radical (unpaired) electrons. The molecule has 0 spiro atoms. The van der Waals surface area contributed by atoms with E-state index in [1.807, 2.05) is 28.8 Å². The quantitative estimate of drug-likeness (QED) is 0.785. The summed E-state index contributed by atoms with van der Waals surface area (Å²) in [5.41, 5.74) is 0.809. The SMILES string of the molecule is Cn1nc(C2CCN(CC(=O)Nc3ccc(Br)cc3)CC2)n(C2CC2)c1=O. The second-order valence-corrected chi connectivity index (χ2v) is 8.39. The second-order valence-electron chi connectivity index (χ2n) is 7.47. The zero-order valence-corrected chi connectivity index (χ0v) is 17.0. The molecule has 1 amide bonds. The molecule has 1 aliphatic heterocycles. The van der Waals surface area contributed by atoms with Crippen molar-refractivity contribution < 1.29 is 4.79 Å². The minimum Gasteiger partial charge on any atom is -0.325 e. The minimum absolute atomic E-state index is 0.00324. The predicted molar refractivity (Wildman–Crippen MR) is 107 cm³/mol. The second kappa shape index (κ2) is 7.59. The van der Waals surface area contributed by atoms with Gasteiger partial charge in [0.05, 0.1) is 6.54 Å². The molecule has 1 saturated carbocycles. The van der Waals surface area contributed by atoms with Crippen molar-refractivity contribution in [1.29, 1.82) is 0 Å². The molecule has 2 aromatic rings. The maximum absolute atomic E-state index is 12.3. The van der Waals surface area contributed by atoms with Crippen LogP contribution in [0.15, 0.2) is 33.5 Å². The van der Waals surface area contributed by atoms with Gasteiger partial charge < -0.3 is 5.32 Å². The van der Waals surface area contributed by atoms with Gasteiger partial charge in [0.15, 0.2) is 0 Å². The van der Waals surface area contributed by atoms with Crippen molar-refractivity contribution in [3.8, 4) is 0 Å². The molecule has 0 atom stereocenters. The van der Waals surface area contributed by atoms with Gasteiger partial charge in [0.25, 0.3) is 0 Å². The number of rotatable bonds is 5. The summed E-state index contributed by atoms with van der Waals surface area (Å²) in [7, 11) is 1.73. The fourth-order valence-electron chi connectivity index (χ4n) is 3.74. The number of likely N-dealkylation sites (tertiary alicyclic amines) is 1. The van der Waals surface area contributed by atoms with Gasteiger partial charge in [-0.05, 0) is 63.0 Å². The molecule has 1 saturated heterocycles. The molecular formula is C19H24BrN5O2. The Hall–Kier alpha value is -1.93. The Morgan fingerprint density at radius 3 is 2.48 bits per heavy atom. The highest BCUT2D eigenvalue weighted by Gasteiger charge is 2.33. The summed E-state index contributed by atoms with van der Waals surface area (Å²) < 4.78 is 4.36. The Morgan fingerprint density at radius 1 is 1.19 bits per heavy atom. The van der Waals surface area contributed by atoms with Gasteiger partial charge in [0, 0.05) is 29.2 Å². The van der Waals surface area contributed by atoms with E-state index in [9.17, 15) is 9.59 Å². The molecule has 1 aromatic heterocycles. The fourth-order valence-corrected chi connectivity index (χ4v) is 4.00. The standard InChI is InChI=1S/C19H24BrN5O2/c1-23-19(27)25(16-6-7-16)18(22-23)13-8-10-24(11-9-13)12-17(26)21-15-4-2-14(20)3-5-15/h2-5,13,16H,6-12H2,1H3,(H,21,26). The van der Waals surface area contributed by atoms with Crippen molar-refractivity contribution in [1.82, 2.24) is 19.2 Å². The van der Waals surface area contributed by atoms with Crippen LogP contribution in [0, 0.1) is 0 Å². The smallest absolute Gasteiger partial charge is 0.325 e. The number of carbonyl (C=O) groups is 1. The highest BCUT2D eigenvalue weighted by Crippen LogP contribution is 2.37. The van der Waals surface area contributed by atoms with E-state index in [1.165, 1.54) is 4.68 Å². The average Bonchev–Trinajstić information content (AvgIpc) is 3.44. The first-order valence-electron chi connectivity index (χ1n) is 9.44. The molecule has 7 nitrogen and oxygen atoms in total. The lowest BCUT2D eigenvalue weighted by Gasteiger charge is -2.31. The van der Waals surface area contributed by atoms with Gasteiger partial charge >= 0.3 is 5.69 Å². The van der Waals surface area contributed by atoms with Crippen LogP contribution >= 0.6 is 15.9 Å². The molecular weight excluding hydrogens is 410 g/mol. The topological polar surface area (TPSA) is 72.2 Å². The highest BCUT2D eigenvalue weighted by atomic mass is 79.9. The minimum atomic E-state index is 0.00324. The van der Waals surface area contributed by atoms with E-state index in [4.69, 9.17) is 0 Å². The van der Waals surface area contributed by atoms with Crippen LogP contribution in [-0.2, 0) is 11.8 Å². The molecule has 4 rings (SSSR count). The van der Waals surface area contributed by atoms with Gasteiger partial charge in [-0.15, -0.1) is 0 Å². The van der Waals surface area contributed by atoms with Crippen LogP contribution in [-0.4, -0.2) is 44.8 Å². The third kappa shape index (κ3) is 4.16. The van der Waals surface area contributed by atoms with Crippen LogP contribution in [0.2, 0.25) is 0 Å². The van der Waals surface area contributed by atoms with Gasteiger partial charge in [0.1, 0.15) is 5.82 Å². The van der Waals surface area contributed by atoms with E-state index < -0.39 is 0 Å². The number of carbonyl (C=O) groups excluding carboxylic acids is 1. The summed E-state index contributed by atoms with van der Waals surface area (Å²) in [6.07, 6.45) is 4.00. The molecule has 1 aromatic carbocycles.